The fourth-order valence-electron chi connectivity index (χ4n) is 4.57. The molecule has 1 aliphatic heterocycles. The van der Waals surface area contributed by atoms with Gasteiger partial charge < -0.3 is 35.5 Å². The van der Waals surface area contributed by atoms with Crippen LogP contribution in [0.4, 0.5) is 17.6 Å². The highest BCUT2D eigenvalue weighted by Gasteiger charge is 2.57. The lowest BCUT2D eigenvalue weighted by atomic mass is 9.81. The summed E-state index contributed by atoms with van der Waals surface area (Å²) in [6.07, 6.45) is -6.08. The maximum absolute atomic E-state index is 14.6. The van der Waals surface area contributed by atoms with E-state index in [4.69, 9.17) is 19.9 Å². The van der Waals surface area contributed by atoms with Gasteiger partial charge in [-0.15, -0.1) is 0 Å². The fraction of sp³-hybridized carbons (Fsp3) is 0.400. The zero-order chi connectivity index (χ0) is 31.7. The predicted molar refractivity (Wildman–Crippen MR) is 148 cm³/mol. The molecule has 232 valence electrons. The Morgan fingerprint density at radius 2 is 1.81 bits per heavy atom. The van der Waals surface area contributed by atoms with Crippen LogP contribution in [-0.4, -0.2) is 60.3 Å². The third kappa shape index (κ3) is 6.24. The molecule has 0 saturated carbocycles. The van der Waals surface area contributed by atoms with E-state index in [-0.39, 0.29) is 58.8 Å². The number of rotatable bonds is 10. The minimum absolute atomic E-state index is 0.0554. The number of aromatic nitrogens is 1. The maximum Gasteiger partial charge on any atom is 0.424 e. The van der Waals surface area contributed by atoms with Crippen molar-refractivity contribution in [2.45, 2.75) is 44.2 Å². The lowest BCUT2D eigenvalue weighted by molar-refractivity contribution is -0.265. The van der Waals surface area contributed by atoms with E-state index in [1.54, 1.807) is 13.8 Å². The molecule has 3 unspecified atom stereocenters. The molecule has 13 heteroatoms. The number of alkyl halides is 3. The lowest BCUT2D eigenvalue weighted by Crippen LogP contribution is -2.52. The highest BCUT2D eigenvalue weighted by molar-refractivity contribution is 5.95. The average Bonchev–Trinajstić information content (AvgIpc) is 3.31. The fourth-order valence-corrected chi connectivity index (χ4v) is 4.57. The number of aliphatic hydroxyl groups excluding tert-OH is 1. The van der Waals surface area contributed by atoms with Crippen LogP contribution in [-0.2, 0) is 11.1 Å². The van der Waals surface area contributed by atoms with Crippen molar-refractivity contribution < 1.29 is 46.8 Å². The maximum atomic E-state index is 14.6. The van der Waals surface area contributed by atoms with Gasteiger partial charge in [0.1, 0.15) is 24.7 Å². The summed E-state index contributed by atoms with van der Waals surface area (Å²) in [4.78, 5) is 17.1. The smallest absolute Gasteiger partial charge is 0.424 e. The minimum Gasteiger partial charge on any atom is -0.493 e. The zero-order valence-electron chi connectivity index (χ0n) is 24.0. The van der Waals surface area contributed by atoms with Gasteiger partial charge in [-0.05, 0) is 61.4 Å². The monoisotopic (exact) mass is 607 g/mol. The van der Waals surface area contributed by atoms with Crippen molar-refractivity contribution in [2.75, 3.05) is 26.9 Å². The Labute approximate surface area is 245 Å². The van der Waals surface area contributed by atoms with E-state index in [1.807, 2.05) is 0 Å². The minimum atomic E-state index is -5.30. The van der Waals surface area contributed by atoms with Crippen LogP contribution in [0, 0.1) is 11.7 Å². The van der Waals surface area contributed by atoms with Crippen molar-refractivity contribution in [1.29, 1.82) is 0 Å². The topological polar surface area (TPSA) is 136 Å². The van der Waals surface area contributed by atoms with Gasteiger partial charge in [-0.25, -0.2) is 9.37 Å². The number of nitrogens with one attached hydrogen (secondary N) is 1. The summed E-state index contributed by atoms with van der Waals surface area (Å²) in [5, 5.41) is 22.8. The van der Waals surface area contributed by atoms with Gasteiger partial charge in [0.2, 0.25) is 5.60 Å². The number of halogens is 4. The molecule has 0 aliphatic carbocycles. The molecule has 2 aromatic carbocycles. The van der Waals surface area contributed by atoms with Crippen LogP contribution >= 0.6 is 0 Å². The molecule has 2 heterocycles. The number of hydrogen-bond donors (Lipinski definition) is 4. The van der Waals surface area contributed by atoms with E-state index in [9.17, 15) is 32.6 Å². The predicted octanol–water partition coefficient (Wildman–Crippen LogP) is 4.04. The lowest BCUT2D eigenvalue weighted by Gasteiger charge is -2.32. The second-order valence-corrected chi connectivity index (χ2v) is 10.8. The molecule has 1 aromatic heterocycles. The van der Waals surface area contributed by atoms with Crippen molar-refractivity contribution in [3.63, 3.8) is 0 Å². The third-order valence-electron chi connectivity index (χ3n) is 7.38. The van der Waals surface area contributed by atoms with Crippen LogP contribution in [0.3, 0.4) is 0 Å². The van der Waals surface area contributed by atoms with E-state index >= 15 is 0 Å². The van der Waals surface area contributed by atoms with Gasteiger partial charge in [-0.1, -0.05) is 13.8 Å². The number of methoxy groups -OCH3 is 1. The number of hydrogen-bond acceptors (Lipinski definition) is 8. The summed E-state index contributed by atoms with van der Waals surface area (Å²) in [7, 11) is 1.31. The Kier molecular flexibility index (Phi) is 8.91. The molecule has 5 N–H and O–H groups in total. The third-order valence-corrected chi connectivity index (χ3v) is 7.38. The molecule has 0 spiro atoms. The van der Waals surface area contributed by atoms with Gasteiger partial charge in [0.15, 0.2) is 17.2 Å². The van der Waals surface area contributed by atoms with Gasteiger partial charge in [0.25, 0.3) is 5.91 Å². The SMILES string of the molecule is COc1cc(C(=O)NCC(O)(c2cc3c(c(-c4ccc(F)cc4)n2)OCC3(N)C(C)C)C(F)(F)F)ccc1OCC(C)O. The molecule has 1 aliphatic rings. The summed E-state index contributed by atoms with van der Waals surface area (Å²) >= 11 is 0. The van der Waals surface area contributed by atoms with Crippen LogP contribution in [0.15, 0.2) is 48.5 Å². The van der Waals surface area contributed by atoms with Crippen molar-refractivity contribution in [2.24, 2.45) is 11.7 Å². The summed E-state index contributed by atoms with van der Waals surface area (Å²) < 4.78 is 74.0. The average molecular weight is 608 g/mol. The Hall–Kier alpha value is -3.94. The number of benzene rings is 2. The van der Waals surface area contributed by atoms with E-state index in [2.05, 4.69) is 10.3 Å². The number of carbonyl (C=O) groups excluding carboxylic acids is 1. The number of carbonyl (C=O) groups is 1. The van der Waals surface area contributed by atoms with Crippen molar-refractivity contribution in [3.05, 3.63) is 71.2 Å². The number of nitrogens with zero attached hydrogens (tertiary/aromatic N) is 1. The number of amides is 1. The van der Waals surface area contributed by atoms with E-state index in [0.717, 1.165) is 18.2 Å². The highest BCUT2D eigenvalue weighted by atomic mass is 19.4. The number of ether oxygens (including phenoxy) is 3. The highest BCUT2D eigenvalue weighted by Crippen LogP contribution is 2.48. The first-order valence-electron chi connectivity index (χ1n) is 13.4. The van der Waals surface area contributed by atoms with Crippen LogP contribution in [0.5, 0.6) is 17.2 Å². The summed E-state index contributed by atoms with van der Waals surface area (Å²) in [5.74, 6) is -1.35. The molecule has 0 radical (unpaired) electrons. The van der Waals surface area contributed by atoms with Gasteiger partial charge in [-0.3, -0.25) is 4.79 Å². The molecular formula is C30H33F4N3O6. The van der Waals surface area contributed by atoms with E-state index in [0.29, 0.717) is 0 Å². The van der Waals surface area contributed by atoms with Crippen LogP contribution in [0.1, 0.15) is 42.4 Å². The Morgan fingerprint density at radius 3 is 2.40 bits per heavy atom. The second-order valence-electron chi connectivity index (χ2n) is 10.8. The molecule has 0 saturated heterocycles. The molecule has 0 fully saturated rings. The molecule has 43 heavy (non-hydrogen) atoms. The van der Waals surface area contributed by atoms with Crippen LogP contribution in [0.25, 0.3) is 11.3 Å². The first-order chi connectivity index (χ1) is 20.1. The van der Waals surface area contributed by atoms with E-state index < -0.39 is 47.4 Å². The van der Waals surface area contributed by atoms with Gasteiger partial charge >= 0.3 is 6.18 Å². The quantitative estimate of drug-likeness (QED) is 0.254. The number of fused-ring (bicyclic) bond motifs is 1. The van der Waals surface area contributed by atoms with Crippen molar-refractivity contribution in [3.8, 4) is 28.5 Å². The Balaban J connectivity index is 1.74. The van der Waals surface area contributed by atoms with Gasteiger partial charge in [0, 0.05) is 16.7 Å². The van der Waals surface area contributed by atoms with Crippen LogP contribution < -0.4 is 25.3 Å². The number of aliphatic hydroxyl groups is 2. The first kappa shape index (κ1) is 32.0. The largest absolute Gasteiger partial charge is 0.493 e. The van der Waals surface area contributed by atoms with E-state index in [1.165, 1.54) is 44.4 Å². The second kappa shape index (κ2) is 12.0. The number of pyridine rings is 1. The van der Waals surface area contributed by atoms with Gasteiger partial charge in [0.05, 0.1) is 31.0 Å². The summed E-state index contributed by atoms with van der Waals surface area (Å²) in [5.41, 5.74) is 1.20. The first-order valence-corrected chi connectivity index (χ1v) is 13.4. The molecule has 0 bridgehead atoms. The van der Waals surface area contributed by atoms with Crippen LogP contribution in [0.2, 0.25) is 0 Å². The molecular weight excluding hydrogens is 574 g/mol. The normalized spacial score (nSPS) is 18.4. The van der Waals surface area contributed by atoms with Crippen molar-refractivity contribution in [1.82, 2.24) is 10.3 Å². The zero-order valence-corrected chi connectivity index (χ0v) is 24.0. The molecule has 9 nitrogen and oxygen atoms in total. The standard InChI is InChI=1S/C30H33F4N3O6/c1-16(2)28(35)15-43-26-21(28)12-24(37-25(26)18-5-8-20(31)9-6-18)29(40,30(32,33)34)14-36-27(39)19-7-10-22(23(11-19)41-4)42-13-17(3)38/h5-12,16-17,38,40H,13-15,35H2,1-4H3,(H,36,39). The summed E-state index contributed by atoms with van der Waals surface area (Å²) in [6, 6.07) is 9.86. The molecule has 3 atom stereocenters. The summed E-state index contributed by atoms with van der Waals surface area (Å²) in [6.45, 7) is 3.66. The van der Waals surface area contributed by atoms with Gasteiger partial charge in [-0.2, -0.15) is 13.2 Å². The molecule has 1 amide bonds. The molecule has 4 rings (SSSR count). The van der Waals surface area contributed by atoms with Crippen molar-refractivity contribution >= 4 is 5.91 Å². The number of nitrogens with two attached hydrogens (primary N) is 1. The Morgan fingerprint density at radius 1 is 1.14 bits per heavy atom. The molecule has 3 aromatic rings. The Bertz CT molecular complexity index is 1480.